The second-order valence-corrected chi connectivity index (χ2v) is 9.26. The van der Waals surface area contributed by atoms with Gasteiger partial charge in [0.25, 0.3) is 0 Å². The molecule has 0 spiro atoms. The Labute approximate surface area is 227 Å². The van der Waals surface area contributed by atoms with E-state index in [1.807, 2.05) is 51.1 Å². The van der Waals surface area contributed by atoms with E-state index in [1.165, 1.54) is 32.4 Å². The number of pyridine rings is 1. The van der Waals surface area contributed by atoms with Gasteiger partial charge in [0.1, 0.15) is 17.0 Å². The van der Waals surface area contributed by atoms with Gasteiger partial charge in [-0.2, -0.15) is 0 Å². The summed E-state index contributed by atoms with van der Waals surface area (Å²) in [5.41, 5.74) is 3.22. The van der Waals surface area contributed by atoms with Crippen molar-refractivity contribution in [2.24, 2.45) is 0 Å². The Morgan fingerprint density at radius 3 is 2.37 bits per heavy atom. The Morgan fingerprint density at radius 2 is 1.80 bits per heavy atom. The third-order valence-electron chi connectivity index (χ3n) is 6.57. The van der Waals surface area contributed by atoms with E-state index in [0.717, 1.165) is 34.9 Å². The Bertz CT molecular complexity index is 1350. The molecule has 0 unspecified atom stereocenters. The van der Waals surface area contributed by atoms with Crippen LogP contribution >= 0.6 is 0 Å². The van der Waals surface area contributed by atoms with Gasteiger partial charge in [-0.15, -0.1) is 0 Å². The minimum atomic E-state index is -1.28. The van der Waals surface area contributed by atoms with Crippen LogP contribution in [-0.4, -0.2) is 28.8 Å². The molecule has 2 aromatic carbocycles. The summed E-state index contributed by atoms with van der Waals surface area (Å²) in [5.74, 6) is -0.278. The number of ether oxygens (including phenoxy) is 1. The van der Waals surface area contributed by atoms with Crippen LogP contribution in [0.1, 0.15) is 60.5 Å². The molecule has 0 bridgehead atoms. The number of rotatable bonds is 3. The number of aryl methyl sites for hydroxylation is 2. The third kappa shape index (κ3) is 5.72. The molecule has 1 N–H and O–H groups in total. The summed E-state index contributed by atoms with van der Waals surface area (Å²) >= 11 is 0. The fourth-order valence-electron chi connectivity index (χ4n) is 4.62. The van der Waals surface area contributed by atoms with E-state index >= 15 is 0 Å². The number of hydrogen-bond acceptors (Lipinski definition) is 6. The van der Waals surface area contributed by atoms with E-state index in [4.69, 9.17) is 9.15 Å². The molecule has 0 amide bonds. The number of aromatic nitrogens is 1. The number of carboxylic acids is 1. The molecular formula is C28H30NNaO5. The smallest absolute Gasteiger partial charge is 0.545 e. The number of aromatic carboxylic acids is 1. The van der Waals surface area contributed by atoms with Gasteiger partial charge in [0, 0.05) is 16.5 Å². The average molecular weight is 484 g/mol. The number of aliphatic hydroxyl groups is 1. The van der Waals surface area contributed by atoms with Crippen molar-refractivity contribution in [3.63, 3.8) is 0 Å². The van der Waals surface area contributed by atoms with Crippen molar-refractivity contribution in [1.82, 2.24) is 4.98 Å². The zero-order valence-corrected chi connectivity index (χ0v) is 23.1. The summed E-state index contributed by atoms with van der Waals surface area (Å²) in [6, 6.07) is 12.7. The second kappa shape index (κ2) is 11.1. The number of fused-ring (bicyclic) bond motifs is 2. The van der Waals surface area contributed by atoms with Gasteiger partial charge < -0.3 is 24.2 Å². The molecule has 7 heteroatoms. The largest absolute Gasteiger partial charge is 1.00 e. The summed E-state index contributed by atoms with van der Waals surface area (Å²) in [6.45, 7) is 5.75. The Hall–Kier alpha value is -2.38. The Kier molecular flexibility index (Phi) is 8.65. The van der Waals surface area contributed by atoms with Crippen LogP contribution in [0.3, 0.4) is 0 Å². The van der Waals surface area contributed by atoms with Crippen LogP contribution in [-0.2, 0) is 0 Å². The van der Waals surface area contributed by atoms with Gasteiger partial charge in [-0.25, -0.2) is 4.98 Å². The normalized spacial score (nSPS) is 14.7. The van der Waals surface area contributed by atoms with Gasteiger partial charge in [0.05, 0.1) is 29.6 Å². The van der Waals surface area contributed by atoms with Gasteiger partial charge in [0.15, 0.2) is 5.76 Å². The first-order chi connectivity index (χ1) is 16.2. The molecule has 2 aromatic heterocycles. The molecule has 5 rings (SSSR count). The van der Waals surface area contributed by atoms with Crippen LogP contribution in [0.2, 0.25) is 0 Å². The van der Waals surface area contributed by atoms with Crippen LogP contribution in [0.25, 0.3) is 33.3 Å². The third-order valence-corrected chi connectivity index (χ3v) is 6.57. The minimum absolute atomic E-state index is 0. The summed E-state index contributed by atoms with van der Waals surface area (Å²) in [5, 5.41) is 22.6. The molecule has 1 aliphatic carbocycles. The zero-order chi connectivity index (χ0) is 24.5. The van der Waals surface area contributed by atoms with Gasteiger partial charge in [-0.3, -0.25) is 0 Å². The first-order valence-corrected chi connectivity index (χ1v) is 11.6. The molecule has 1 saturated carbocycles. The standard InChI is InChI=1S/C21H17NO4.C7H14O.Na/c1-11-8-9-17(25-3)18-14(21(23)24)10-15(22-19(11)18)20-12(2)13-6-4-5-7-16(13)26-20;1-7(8)5-3-2-4-6-7;/h4-10H,1-3H3,(H,23,24);8H,2-6H2,1H3;/q;;+1/p-1. The van der Waals surface area contributed by atoms with Gasteiger partial charge in [-0.1, -0.05) is 43.5 Å². The molecule has 1 aliphatic rings. The molecule has 2 heterocycles. The number of methoxy groups -OCH3 is 1. The predicted octanol–water partition coefficient (Wildman–Crippen LogP) is 2.34. The summed E-state index contributed by atoms with van der Waals surface area (Å²) in [6.07, 6.45) is 5.76. The Morgan fingerprint density at radius 1 is 1.11 bits per heavy atom. The minimum Gasteiger partial charge on any atom is -0.545 e. The van der Waals surface area contributed by atoms with Crippen molar-refractivity contribution in [3.8, 4) is 17.2 Å². The van der Waals surface area contributed by atoms with Crippen molar-refractivity contribution < 1.29 is 53.7 Å². The fourth-order valence-corrected chi connectivity index (χ4v) is 4.62. The number of benzene rings is 2. The topological polar surface area (TPSA) is 95.6 Å². The van der Waals surface area contributed by atoms with Crippen LogP contribution in [0.5, 0.6) is 5.75 Å². The molecule has 0 atom stereocenters. The SMILES string of the molecule is CC1(O)CCCCC1.COc1ccc(C)c2nc(-c3oc4ccccc4c3C)cc(C(=O)[O-])c12.[Na+]. The molecule has 0 aliphatic heterocycles. The maximum Gasteiger partial charge on any atom is 1.00 e. The molecule has 0 radical (unpaired) electrons. The number of carbonyl (C=O) groups is 1. The zero-order valence-electron chi connectivity index (χ0n) is 21.1. The van der Waals surface area contributed by atoms with E-state index in [0.29, 0.717) is 28.1 Å². The van der Waals surface area contributed by atoms with Crippen LogP contribution in [0.15, 0.2) is 46.9 Å². The Balaban J connectivity index is 0.000000325. The monoisotopic (exact) mass is 483 g/mol. The number of nitrogens with zero attached hydrogens (tertiary/aromatic N) is 1. The van der Waals surface area contributed by atoms with Crippen molar-refractivity contribution in [2.45, 2.75) is 58.5 Å². The van der Waals surface area contributed by atoms with E-state index in [9.17, 15) is 15.0 Å². The van der Waals surface area contributed by atoms with Crippen molar-refractivity contribution in [2.75, 3.05) is 7.11 Å². The summed E-state index contributed by atoms with van der Waals surface area (Å²) in [7, 11) is 1.50. The predicted molar refractivity (Wildman–Crippen MR) is 131 cm³/mol. The van der Waals surface area contributed by atoms with Crippen molar-refractivity contribution >= 4 is 27.8 Å². The van der Waals surface area contributed by atoms with Crippen LogP contribution < -0.4 is 39.4 Å². The van der Waals surface area contributed by atoms with Crippen LogP contribution in [0, 0.1) is 13.8 Å². The number of para-hydroxylation sites is 1. The molecule has 6 nitrogen and oxygen atoms in total. The van der Waals surface area contributed by atoms with Crippen molar-refractivity contribution in [3.05, 3.63) is 59.2 Å². The average Bonchev–Trinajstić information content (AvgIpc) is 3.16. The van der Waals surface area contributed by atoms with Crippen molar-refractivity contribution in [1.29, 1.82) is 0 Å². The fraction of sp³-hybridized carbons (Fsp3) is 0.357. The maximum atomic E-state index is 11.8. The number of carboxylic acid groups (broad SMARTS) is 1. The molecule has 4 aromatic rings. The summed E-state index contributed by atoms with van der Waals surface area (Å²) in [4.78, 5) is 16.5. The molecule has 35 heavy (non-hydrogen) atoms. The van der Waals surface area contributed by atoms with E-state index in [2.05, 4.69) is 4.98 Å². The quantitative estimate of drug-likeness (QED) is 0.450. The first-order valence-electron chi connectivity index (χ1n) is 11.6. The number of hydrogen-bond donors (Lipinski definition) is 1. The van der Waals surface area contributed by atoms with Crippen LogP contribution in [0.4, 0.5) is 0 Å². The number of carbonyl (C=O) groups excluding carboxylic acids is 1. The number of furan rings is 1. The van der Waals surface area contributed by atoms with E-state index in [1.54, 1.807) is 6.07 Å². The van der Waals surface area contributed by atoms with Gasteiger partial charge in [0.2, 0.25) is 0 Å². The maximum absolute atomic E-state index is 11.8. The van der Waals surface area contributed by atoms with E-state index < -0.39 is 5.97 Å². The van der Waals surface area contributed by atoms with Gasteiger partial charge >= 0.3 is 29.6 Å². The molecule has 0 saturated heterocycles. The molecule has 1 fully saturated rings. The molecular weight excluding hydrogens is 453 g/mol. The molecule has 178 valence electrons. The van der Waals surface area contributed by atoms with E-state index in [-0.39, 0.29) is 40.7 Å². The second-order valence-electron chi connectivity index (χ2n) is 9.26. The summed E-state index contributed by atoms with van der Waals surface area (Å²) < 4.78 is 11.3. The van der Waals surface area contributed by atoms with Gasteiger partial charge in [-0.05, 0) is 57.4 Å². The first kappa shape index (κ1) is 27.2.